The molecule has 0 bridgehead atoms. The van der Waals surface area contributed by atoms with E-state index in [0.717, 1.165) is 6.42 Å². The number of hydrogen-bond acceptors (Lipinski definition) is 1. The first-order chi connectivity index (χ1) is 8.34. The minimum atomic E-state index is 0.0315. The van der Waals surface area contributed by atoms with Gasteiger partial charge in [0.1, 0.15) is 0 Å². The van der Waals surface area contributed by atoms with Crippen molar-refractivity contribution in [3.05, 3.63) is 0 Å². The standard InChI is InChI=1S/C16H32O/c1-2-3-4-5-6-7-8-9-10-11-12-16(17)15-13-14-15/h15-17H,2-14H2,1H3. The Morgan fingerprint density at radius 1 is 0.824 bits per heavy atom. The van der Waals surface area contributed by atoms with Crippen LogP contribution in [0, 0.1) is 5.92 Å². The van der Waals surface area contributed by atoms with Gasteiger partial charge >= 0.3 is 0 Å². The summed E-state index contributed by atoms with van der Waals surface area (Å²) in [6.07, 6.45) is 17.5. The van der Waals surface area contributed by atoms with E-state index in [1.165, 1.54) is 77.0 Å². The van der Waals surface area contributed by atoms with E-state index in [-0.39, 0.29) is 6.10 Å². The van der Waals surface area contributed by atoms with Crippen molar-refractivity contribution in [2.45, 2.75) is 96.5 Å². The molecular formula is C16H32O. The van der Waals surface area contributed by atoms with E-state index in [9.17, 15) is 5.11 Å². The fourth-order valence-electron chi connectivity index (χ4n) is 2.56. The summed E-state index contributed by atoms with van der Waals surface area (Å²) in [6, 6.07) is 0. The minimum Gasteiger partial charge on any atom is -0.393 e. The Hall–Kier alpha value is -0.0400. The van der Waals surface area contributed by atoms with Crippen LogP contribution in [0.15, 0.2) is 0 Å². The van der Waals surface area contributed by atoms with Gasteiger partial charge in [-0.2, -0.15) is 0 Å². The van der Waals surface area contributed by atoms with E-state index < -0.39 is 0 Å². The molecule has 1 heteroatoms. The highest BCUT2D eigenvalue weighted by molar-refractivity contribution is 4.80. The highest BCUT2D eigenvalue weighted by Gasteiger charge is 2.28. The van der Waals surface area contributed by atoms with Gasteiger partial charge in [0.2, 0.25) is 0 Å². The lowest BCUT2D eigenvalue weighted by atomic mass is 10.0. The second kappa shape index (κ2) is 9.94. The highest BCUT2D eigenvalue weighted by Crippen LogP contribution is 2.34. The SMILES string of the molecule is CCCCCCCCCCCCC(O)C1CC1. The number of aliphatic hydroxyl groups is 1. The molecular weight excluding hydrogens is 208 g/mol. The maximum Gasteiger partial charge on any atom is 0.0568 e. The summed E-state index contributed by atoms with van der Waals surface area (Å²) in [4.78, 5) is 0. The molecule has 1 fully saturated rings. The Kier molecular flexibility index (Phi) is 8.78. The molecule has 1 N–H and O–H groups in total. The lowest BCUT2D eigenvalue weighted by Crippen LogP contribution is -2.08. The fourth-order valence-corrected chi connectivity index (χ4v) is 2.56. The van der Waals surface area contributed by atoms with Crippen molar-refractivity contribution in [2.75, 3.05) is 0 Å². The molecule has 1 aliphatic carbocycles. The second-order valence-electron chi connectivity index (χ2n) is 5.88. The Bertz CT molecular complexity index is 163. The molecule has 1 atom stereocenters. The maximum absolute atomic E-state index is 9.71. The molecule has 1 unspecified atom stereocenters. The predicted molar refractivity (Wildman–Crippen MR) is 75.2 cm³/mol. The molecule has 0 saturated heterocycles. The normalized spacial score (nSPS) is 17.3. The summed E-state index contributed by atoms with van der Waals surface area (Å²) in [7, 11) is 0. The van der Waals surface area contributed by atoms with Crippen molar-refractivity contribution >= 4 is 0 Å². The zero-order chi connectivity index (χ0) is 12.3. The van der Waals surface area contributed by atoms with Crippen LogP contribution in [0.1, 0.15) is 90.4 Å². The zero-order valence-electron chi connectivity index (χ0n) is 11.8. The summed E-state index contributed by atoms with van der Waals surface area (Å²) in [5, 5.41) is 9.71. The molecule has 1 rings (SSSR count). The first-order valence-electron chi connectivity index (χ1n) is 8.02. The van der Waals surface area contributed by atoms with Gasteiger partial charge in [-0.15, -0.1) is 0 Å². The van der Waals surface area contributed by atoms with Crippen LogP contribution < -0.4 is 0 Å². The highest BCUT2D eigenvalue weighted by atomic mass is 16.3. The van der Waals surface area contributed by atoms with Gasteiger partial charge in [-0.1, -0.05) is 71.1 Å². The summed E-state index contributed by atoms with van der Waals surface area (Å²) in [5.74, 6) is 0.675. The average molecular weight is 240 g/mol. The Labute approximate surface area is 108 Å². The Morgan fingerprint density at radius 2 is 1.29 bits per heavy atom. The van der Waals surface area contributed by atoms with E-state index in [1.54, 1.807) is 0 Å². The molecule has 102 valence electrons. The van der Waals surface area contributed by atoms with Crippen LogP contribution in [0.2, 0.25) is 0 Å². The molecule has 0 aromatic carbocycles. The van der Waals surface area contributed by atoms with E-state index in [2.05, 4.69) is 6.92 Å². The summed E-state index contributed by atoms with van der Waals surface area (Å²) >= 11 is 0. The molecule has 0 spiro atoms. The summed E-state index contributed by atoms with van der Waals surface area (Å²) < 4.78 is 0. The smallest absolute Gasteiger partial charge is 0.0568 e. The quantitative estimate of drug-likeness (QED) is 0.472. The molecule has 0 amide bonds. The van der Waals surface area contributed by atoms with E-state index >= 15 is 0 Å². The van der Waals surface area contributed by atoms with Gasteiger partial charge in [0.25, 0.3) is 0 Å². The molecule has 17 heavy (non-hydrogen) atoms. The Balaban J connectivity index is 1.69. The molecule has 0 heterocycles. The van der Waals surface area contributed by atoms with Crippen molar-refractivity contribution in [1.29, 1.82) is 0 Å². The predicted octanol–water partition coefficient (Wildman–Crippen LogP) is 5.07. The maximum atomic E-state index is 9.71. The lowest BCUT2D eigenvalue weighted by molar-refractivity contribution is 0.138. The lowest BCUT2D eigenvalue weighted by Gasteiger charge is -2.08. The first-order valence-corrected chi connectivity index (χ1v) is 8.02. The number of aliphatic hydroxyl groups excluding tert-OH is 1. The van der Waals surface area contributed by atoms with E-state index in [1.807, 2.05) is 0 Å². The van der Waals surface area contributed by atoms with Crippen molar-refractivity contribution in [1.82, 2.24) is 0 Å². The van der Waals surface area contributed by atoms with Crippen LogP contribution >= 0.6 is 0 Å². The van der Waals surface area contributed by atoms with E-state index in [0.29, 0.717) is 5.92 Å². The van der Waals surface area contributed by atoms with Gasteiger partial charge in [0.15, 0.2) is 0 Å². The van der Waals surface area contributed by atoms with Crippen LogP contribution in [0.4, 0.5) is 0 Å². The molecule has 0 aliphatic heterocycles. The van der Waals surface area contributed by atoms with Crippen molar-refractivity contribution in [2.24, 2.45) is 5.92 Å². The van der Waals surface area contributed by atoms with Gasteiger partial charge < -0.3 is 5.11 Å². The van der Waals surface area contributed by atoms with Gasteiger partial charge in [-0.25, -0.2) is 0 Å². The minimum absolute atomic E-state index is 0.0315. The van der Waals surface area contributed by atoms with Gasteiger partial charge in [-0.05, 0) is 25.2 Å². The van der Waals surface area contributed by atoms with Gasteiger partial charge in [0.05, 0.1) is 6.10 Å². The number of hydrogen-bond donors (Lipinski definition) is 1. The first kappa shape index (κ1) is 15.0. The van der Waals surface area contributed by atoms with Crippen LogP contribution in [0.25, 0.3) is 0 Å². The zero-order valence-corrected chi connectivity index (χ0v) is 11.8. The topological polar surface area (TPSA) is 20.2 Å². The molecule has 0 aromatic heterocycles. The third-order valence-electron chi connectivity index (χ3n) is 4.02. The van der Waals surface area contributed by atoms with Crippen LogP contribution in [0.5, 0.6) is 0 Å². The molecule has 1 aliphatic rings. The molecule has 0 radical (unpaired) electrons. The third kappa shape index (κ3) is 8.65. The third-order valence-corrected chi connectivity index (χ3v) is 4.02. The molecule has 1 nitrogen and oxygen atoms in total. The fraction of sp³-hybridized carbons (Fsp3) is 1.00. The van der Waals surface area contributed by atoms with Gasteiger partial charge in [0, 0.05) is 0 Å². The van der Waals surface area contributed by atoms with Crippen molar-refractivity contribution in [3.8, 4) is 0 Å². The average Bonchev–Trinajstić information content (AvgIpc) is 3.15. The number of unbranched alkanes of at least 4 members (excludes halogenated alkanes) is 9. The monoisotopic (exact) mass is 240 g/mol. The van der Waals surface area contributed by atoms with Crippen LogP contribution in [-0.2, 0) is 0 Å². The molecule has 1 saturated carbocycles. The van der Waals surface area contributed by atoms with Crippen LogP contribution in [-0.4, -0.2) is 11.2 Å². The van der Waals surface area contributed by atoms with Crippen LogP contribution in [0.3, 0.4) is 0 Å². The molecule has 0 aromatic rings. The summed E-state index contributed by atoms with van der Waals surface area (Å²) in [6.45, 7) is 2.27. The van der Waals surface area contributed by atoms with E-state index in [4.69, 9.17) is 0 Å². The number of rotatable bonds is 12. The summed E-state index contributed by atoms with van der Waals surface area (Å²) in [5.41, 5.74) is 0. The van der Waals surface area contributed by atoms with Crippen molar-refractivity contribution < 1.29 is 5.11 Å². The second-order valence-corrected chi connectivity index (χ2v) is 5.88. The largest absolute Gasteiger partial charge is 0.393 e. The van der Waals surface area contributed by atoms with Gasteiger partial charge in [-0.3, -0.25) is 0 Å². The van der Waals surface area contributed by atoms with Crippen molar-refractivity contribution in [3.63, 3.8) is 0 Å². The Morgan fingerprint density at radius 3 is 1.76 bits per heavy atom.